The van der Waals surface area contributed by atoms with Gasteiger partial charge in [0.15, 0.2) is 0 Å². The second kappa shape index (κ2) is 6.68. The SMILES string of the molecule is CCCN(C)[C@@H]1C=C(C(=O)O)C[C@@H](N)[C@H]1NC(C)=O. The van der Waals surface area contributed by atoms with Gasteiger partial charge in [0.2, 0.25) is 5.91 Å². The zero-order chi connectivity index (χ0) is 14.6. The van der Waals surface area contributed by atoms with Crippen molar-refractivity contribution >= 4 is 11.9 Å². The van der Waals surface area contributed by atoms with E-state index in [2.05, 4.69) is 12.2 Å². The summed E-state index contributed by atoms with van der Waals surface area (Å²) in [4.78, 5) is 24.4. The van der Waals surface area contributed by atoms with E-state index in [0.717, 1.165) is 13.0 Å². The summed E-state index contributed by atoms with van der Waals surface area (Å²) in [6.07, 6.45) is 2.93. The van der Waals surface area contributed by atoms with E-state index in [0.29, 0.717) is 5.57 Å². The summed E-state index contributed by atoms with van der Waals surface area (Å²) < 4.78 is 0. The van der Waals surface area contributed by atoms with E-state index < -0.39 is 5.97 Å². The highest BCUT2D eigenvalue weighted by Crippen LogP contribution is 2.22. The van der Waals surface area contributed by atoms with Crippen LogP contribution in [0.25, 0.3) is 0 Å². The molecule has 0 aromatic heterocycles. The van der Waals surface area contributed by atoms with Crippen molar-refractivity contribution in [2.75, 3.05) is 13.6 Å². The van der Waals surface area contributed by atoms with Gasteiger partial charge < -0.3 is 16.2 Å². The van der Waals surface area contributed by atoms with Gasteiger partial charge in [0.05, 0.1) is 12.1 Å². The molecule has 19 heavy (non-hydrogen) atoms. The fourth-order valence-corrected chi connectivity index (χ4v) is 2.50. The fourth-order valence-electron chi connectivity index (χ4n) is 2.50. The van der Waals surface area contributed by atoms with E-state index in [1.807, 2.05) is 11.9 Å². The number of likely N-dealkylation sites (N-methyl/N-ethyl adjacent to an activating group) is 1. The number of nitrogens with zero attached hydrogens (tertiary/aromatic N) is 1. The summed E-state index contributed by atoms with van der Waals surface area (Å²) in [6.45, 7) is 4.31. The Morgan fingerprint density at radius 3 is 2.68 bits per heavy atom. The molecule has 0 unspecified atom stereocenters. The average molecular weight is 269 g/mol. The molecule has 1 aliphatic rings. The van der Waals surface area contributed by atoms with Crippen LogP contribution in [0, 0.1) is 0 Å². The van der Waals surface area contributed by atoms with Gasteiger partial charge >= 0.3 is 5.97 Å². The number of aliphatic carboxylic acids is 1. The molecule has 0 saturated carbocycles. The van der Waals surface area contributed by atoms with Crippen molar-refractivity contribution in [3.05, 3.63) is 11.6 Å². The number of hydrogen-bond donors (Lipinski definition) is 3. The lowest BCUT2D eigenvalue weighted by Crippen LogP contribution is -2.60. The van der Waals surface area contributed by atoms with Crippen LogP contribution in [-0.2, 0) is 9.59 Å². The Balaban J connectivity index is 3.00. The standard InChI is InChI=1S/C13H23N3O3/c1-4-5-16(3)11-7-9(13(18)19)6-10(14)12(11)15-8(2)17/h7,10-12H,4-6,14H2,1-3H3,(H,15,17)(H,18,19)/t10-,11-,12-/m1/s1. The summed E-state index contributed by atoms with van der Waals surface area (Å²) in [5.74, 6) is -1.09. The van der Waals surface area contributed by atoms with Crippen LogP contribution in [-0.4, -0.2) is 53.6 Å². The summed E-state index contributed by atoms with van der Waals surface area (Å²) >= 11 is 0. The van der Waals surface area contributed by atoms with E-state index in [1.54, 1.807) is 6.08 Å². The number of rotatable bonds is 5. The van der Waals surface area contributed by atoms with Crippen LogP contribution in [0.15, 0.2) is 11.6 Å². The number of carboxylic acid groups (broad SMARTS) is 1. The Morgan fingerprint density at radius 1 is 1.58 bits per heavy atom. The first kappa shape index (κ1) is 15.7. The maximum Gasteiger partial charge on any atom is 0.331 e. The molecule has 0 heterocycles. The molecular weight excluding hydrogens is 246 g/mol. The summed E-state index contributed by atoms with van der Waals surface area (Å²) in [7, 11) is 1.91. The van der Waals surface area contributed by atoms with E-state index in [1.165, 1.54) is 6.92 Å². The smallest absolute Gasteiger partial charge is 0.331 e. The van der Waals surface area contributed by atoms with Gasteiger partial charge in [0.25, 0.3) is 0 Å². The predicted molar refractivity (Wildman–Crippen MR) is 72.6 cm³/mol. The molecule has 0 aromatic rings. The summed E-state index contributed by atoms with van der Waals surface area (Å²) in [5, 5.41) is 12.0. The first-order chi connectivity index (χ1) is 8.86. The van der Waals surface area contributed by atoms with Crippen LogP contribution in [0.4, 0.5) is 0 Å². The zero-order valence-electron chi connectivity index (χ0n) is 11.7. The van der Waals surface area contributed by atoms with Crippen LogP contribution < -0.4 is 11.1 Å². The highest BCUT2D eigenvalue weighted by atomic mass is 16.4. The Kier molecular flexibility index (Phi) is 5.50. The van der Waals surface area contributed by atoms with E-state index in [9.17, 15) is 9.59 Å². The summed E-state index contributed by atoms with van der Waals surface area (Å²) in [5.41, 5.74) is 6.36. The lowest BCUT2D eigenvalue weighted by atomic mass is 9.86. The molecule has 108 valence electrons. The molecule has 0 spiro atoms. The quantitative estimate of drug-likeness (QED) is 0.650. The van der Waals surface area contributed by atoms with E-state index in [-0.39, 0.29) is 30.5 Å². The van der Waals surface area contributed by atoms with Crippen LogP contribution in [0.3, 0.4) is 0 Å². The van der Waals surface area contributed by atoms with E-state index in [4.69, 9.17) is 10.8 Å². The Morgan fingerprint density at radius 2 is 2.21 bits per heavy atom. The van der Waals surface area contributed by atoms with Crippen LogP contribution in [0.5, 0.6) is 0 Å². The molecule has 0 fully saturated rings. The molecule has 6 heteroatoms. The minimum absolute atomic E-state index is 0.150. The lowest BCUT2D eigenvalue weighted by molar-refractivity contribution is -0.133. The van der Waals surface area contributed by atoms with Crippen molar-refractivity contribution in [1.82, 2.24) is 10.2 Å². The number of carboxylic acids is 1. The molecule has 1 amide bonds. The van der Waals surface area contributed by atoms with Crippen molar-refractivity contribution in [2.24, 2.45) is 5.73 Å². The molecule has 0 radical (unpaired) electrons. The molecule has 0 bridgehead atoms. The number of nitrogens with one attached hydrogen (secondary N) is 1. The second-order valence-electron chi connectivity index (χ2n) is 5.06. The maximum atomic E-state index is 11.3. The van der Waals surface area contributed by atoms with Crippen molar-refractivity contribution in [3.63, 3.8) is 0 Å². The molecule has 1 aliphatic carbocycles. The second-order valence-corrected chi connectivity index (χ2v) is 5.06. The molecule has 6 nitrogen and oxygen atoms in total. The molecular formula is C13H23N3O3. The third-order valence-electron chi connectivity index (χ3n) is 3.39. The zero-order valence-corrected chi connectivity index (χ0v) is 11.7. The van der Waals surface area contributed by atoms with Crippen LogP contribution >= 0.6 is 0 Å². The van der Waals surface area contributed by atoms with Crippen LogP contribution in [0.1, 0.15) is 26.7 Å². The number of hydrogen-bond acceptors (Lipinski definition) is 4. The third-order valence-corrected chi connectivity index (χ3v) is 3.39. The van der Waals surface area contributed by atoms with Gasteiger partial charge in [0, 0.05) is 18.5 Å². The monoisotopic (exact) mass is 269 g/mol. The normalized spacial score (nSPS) is 27.0. The maximum absolute atomic E-state index is 11.3. The van der Waals surface area contributed by atoms with Crippen molar-refractivity contribution < 1.29 is 14.7 Å². The Labute approximate surface area is 113 Å². The average Bonchev–Trinajstić information content (AvgIpc) is 2.30. The number of amides is 1. The fraction of sp³-hybridized carbons (Fsp3) is 0.692. The molecule has 0 aromatic carbocycles. The van der Waals surface area contributed by atoms with Crippen LogP contribution in [0.2, 0.25) is 0 Å². The van der Waals surface area contributed by atoms with Gasteiger partial charge in [-0.25, -0.2) is 4.79 Å². The first-order valence-electron chi connectivity index (χ1n) is 6.53. The van der Waals surface area contributed by atoms with Gasteiger partial charge in [-0.2, -0.15) is 0 Å². The highest BCUT2D eigenvalue weighted by Gasteiger charge is 2.35. The first-order valence-corrected chi connectivity index (χ1v) is 6.53. The highest BCUT2D eigenvalue weighted by molar-refractivity contribution is 5.87. The molecule has 3 atom stereocenters. The van der Waals surface area contributed by atoms with Gasteiger partial charge in [-0.15, -0.1) is 0 Å². The summed E-state index contributed by atoms with van der Waals surface area (Å²) in [6, 6.07) is -0.819. The molecule has 0 saturated heterocycles. The minimum atomic E-state index is -0.938. The Hall–Kier alpha value is -1.40. The van der Waals surface area contributed by atoms with E-state index >= 15 is 0 Å². The topological polar surface area (TPSA) is 95.7 Å². The van der Waals surface area contributed by atoms with Gasteiger partial charge in [-0.1, -0.05) is 13.0 Å². The van der Waals surface area contributed by atoms with Crippen molar-refractivity contribution in [2.45, 2.75) is 44.8 Å². The minimum Gasteiger partial charge on any atom is -0.478 e. The van der Waals surface area contributed by atoms with Crippen molar-refractivity contribution in [3.8, 4) is 0 Å². The largest absolute Gasteiger partial charge is 0.478 e. The molecule has 0 aliphatic heterocycles. The predicted octanol–water partition coefficient (Wildman–Crippen LogP) is -0.0565. The third kappa shape index (κ3) is 4.04. The van der Waals surface area contributed by atoms with Gasteiger partial charge in [-0.05, 0) is 26.4 Å². The molecule has 4 N–H and O–H groups in total. The number of nitrogens with two attached hydrogens (primary N) is 1. The number of carbonyl (C=O) groups is 2. The Bertz CT molecular complexity index is 381. The van der Waals surface area contributed by atoms with Crippen molar-refractivity contribution in [1.29, 1.82) is 0 Å². The number of carbonyl (C=O) groups excluding carboxylic acids is 1. The lowest BCUT2D eigenvalue weighted by Gasteiger charge is -2.39. The van der Waals surface area contributed by atoms with Gasteiger partial charge in [0.1, 0.15) is 0 Å². The molecule has 1 rings (SSSR count). The van der Waals surface area contributed by atoms with Gasteiger partial charge in [-0.3, -0.25) is 9.69 Å².